The number of aldehydes is 1. The molecule has 0 aliphatic rings. The molecule has 0 saturated carbocycles. The van der Waals surface area contributed by atoms with E-state index >= 15 is 0 Å². The van der Waals surface area contributed by atoms with E-state index in [1.165, 1.54) is 0 Å². The van der Waals surface area contributed by atoms with Crippen molar-refractivity contribution in [3.63, 3.8) is 0 Å². The molecule has 0 rings (SSSR count). The molecule has 0 aromatic heterocycles. The van der Waals surface area contributed by atoms with Crippen molar-refractivity contribution in [1.29, 1.82) is 0 Å². The zero-order valence-electron chi connectivity index (χ0n) is 12.8. The second-order valence-corrected chi connectivity index (χ2v) is 5.15. The summed E-state index contributed by atoms with van der Waals surface area (Å²) < 4.78 is 5.02. The van der Waals surface area contributed by atoms with Crippen LogP contribution in [0.15, 0.2) is 24.8 Å². The van der Waals surface area contributed by atoms with Gasteiger partial charge in [0.05, 0.1) is 0 Å². The summed E-state index contributed by atoms with van der Waals surface area (Å²) >= 11 is 0. The molecule has 0 aliphatic carbocycles. The van der Waals surface area contributed by atoms with Gasteiger partial charge in [-0.25, -0.2) is 4.79 Å². The van der Waals surface area contributed by atoms with E-state index in [-0.39, 0.29) is 11.9 Å². The zero-order chi connectivity index (χ0) is 15.4. The summed E-state index contributed by atoms with van der Waals surface area (Å²) in [6.07, 6.45) is 6.93. The van der Waals surface area contributed by atoms with Crippen molar-refractivity contribution in [2.24, 2.45) is 5.92 Å². The lowest BCUT2D eigenvalue weighted by Crippen LogP contribution is -2.30. The molecule has 1 atom stereocenters. The largest absolute Gasteiger partial charge is 0.461 e. The molecule has 0 radical (unpaired) electrons. The van der Waals surface area contributed by atoms with Crippen LogP contribution < -0.4 is 0 Å². The minimum atomic E-state index is -0.366. The molecule has 4 heteroatoms. The van der Waals surface area contributed by atoms with Crippen molar-refractivity contribution in [2.75, 3.05) is 26.7 Å². The molecule has 0 amide bonds. The average molecular weight is 281 g/mol. The number of hydrogen-bond acceptors (Lipinski definition) is 4. The summed E-state index contributed by atoms with van der Waals surface area (Å²) in [5, 5.41) is 0. The van der Waals surface area contributed by atoms with E-state index in [9.17, 15) is 9.59 Å². The molecule has 0 bridgehead atoms. The van der Waals surface area contributed by atoms with Gasteiger partial charge in [0.2, 0.25) is 0 Å². The molecule has 20 heavy (non-hydrogen) atoms. The van der Waals surface area contributed by atoms with Crippen LogP contribution in [0.3, 0.4) is 0 Å². The minimum absolute atomic E-state index is 0.0432. The average Bonchev–Trinajstić information content (AvgIpc) is 2.41. The summed E-state index contributed by atoms with van der Waals surface area (Å²) in [6.45, 7) is 10.5. The molecule has 0 heterocycles. The van der Waals surface area contributed by atoms with Crippen molar-refractivity contribution in [2.45, 2.75) is 32.6 Å². The highest BCUT2D eigenvalue weighted by Gasteiger charge is 2.11. The highest BCUT2D eigenvalue weighted by atomic mass is 16.5. The van der Waals surface area contributed by atoms with Crippen LogP contribution in [0.1, 0.15) is 32.6 Å². The maximum absolute atomic E-state index is 11.2. The quantitative estimate of drug-likeness (QED) is 0.181. The maximum Gasteiger partial charge on any atom is 0.333 e. The molecule has 0 aromatic rings. The normalized spacial score (nSPS) is 11.9. The fourth-order valence-electron chi connectivity index (χ4n) is 1.81. The van der Waals surface area contributed by atoms with Crippen LogP contribution in [-0.4, -0.2) is 43.9 Å². The number of likely N-dealkylation sites (N-methyl/N-ethyl adjacent to an activating group) is 1. The van der Waals surface area contributed by atoms with Gasteiger partial charge in [-0.1, -0.05) is 19.1 Å². The first-order valence-corrected chi connectivity index (χ1v) is 7.08. The van der Waals surface area contributed by atoms with Gasteiger partial charge in [0, 0.05) is 24.6 Å². The number of hydrogen-bond donors (Lipinski definition) is 0. The number of unbranched alkanes of at least 4 members (excludes halogenated alkanes) is 2. The molecular weight excluding hydrogens is 254 g/mol. The molecule has 0 fully saturated rings. The Hall–Kier alpha value is -1.42. The lowest BCUT2D eigenvalue weighted by atomic mass is 10.0. The SMILES string of the molecule is C=CCCCCC(C=O)CN(C)CCOC(=O)C(=C)C. The first kappa shape index (κ1) is 18.6. The molecule has 0 saturated heterocycles. The van der Waals surface area contributed by atoms with Crippen molar-refractivity contribution in [1.82, 2.24) is 4.90 Å². The second kappa shape index (κ2) is 11.4. The van der Waals surface area contributed by atoms with Crippen LogP contribution in [0, 0.1) is 5.92 Å². The van der Waals surface area contributed by atoms with Crippen molar-refractivity contribution >= 4 is 12.3 Å². The number of nitrogens with zero attached hydrogens (tertiary/aromatic N) is 1. The van der Waals surface area contributed by atoms with Gasteiger partial charge in [-0.2, -0.15) is 0 Å². The van der Waals surface area contributed by atoms with E-state index in [0.29, 0.717) is 25.3 Å². The van der Waals surface area contributed by atoms with E-state index in [2.05, 4.69) is 13.2 Å². The van der Waals surface area contributed by atoms with E-state index in [4.69, 9.17) is 4.74 Å². The number of allylic oxidation sites excluding steroid dienone is 1. The zero-order valence-corrected chi connectivity index (χ0v) is 12.8. The number of carbonyl (C=O) groups excluding carboxylic acids is 2. The Balaban J connectivity index is 3.82. The van der Waals surface area contributed by atoms with Crippen LogP contribution in [-0.2, 0) is 14.3 Å². The Kier molecular flexibility index (Phi) is 10.6. The van der Waals surface area contributed by atoms with E-state index in [0.717, 1.165) is 32.0 Å². The molecule has 0 aromatic carbocycles. The third-order valence-corrected chi connectivity index (χ3v) is 3.03. The van der Waals surface area contributed by atoms with Gasteiger partial charge >= 0.3 is 5.97 Å². The maximum atomic E-state index is 11.2. The number of carbonyl (C=O) groups is 2. The topological polar surface area (TPSA) is 46.6 Å². The summed E-state index contributed by atoms with van der Waals surface area (Å²) in [5.74, 6) is -0.323. The van der Waals surface area contributed by atoms with Crippen molar-refractivity contribution in [3.05, 3.63) is 24.8 Å². The van der Waals surface area contributed by atoms with Gasteiger partial charge in [-0.05, 0) is 33.2 Å². The first-order valence-electron chi connectivity index (χ1n) is 7.08. The Labute approximate surface area is 122 Å². The predicted octanol–water partition coefficient (Wildman–Crippen LogP) is 2.60. The Bertz CT molecular complexity index is 326. The monoisotopic (exact) mass is 281 g/mol. The Morgan fingerprint density at radius 2 is 2.10 bits per heavy atom. The Morgan fingerprint density at radius 3 is 2.65 bits per heavy atom. The predicted molar refractivity (Wildman–Crippen MR) is 81.5 cm³/mol. The second-order valence-electron chi connectivity index (χ2n) is 5.15. The smallest absolute Gasteiger partial charge is 0.333 e. The van der Waals surface area contributed by atoms with Crippen molar-refractivity contribution in [3.8, 4) is 0 Å². The minimum Gasteiger partial charge on any atom is -0.461 e. The number of ether oxygens (including phenoxy) is 1. The fraction of sp³-hybridized carbons (Fsp3) is 0.625. The molecule has 114 valence electrons. The van der Waals surface area contributed by atoms with Crippen LogP contribution in [0.2, 0.25) is 0 Å². The summed E-state index contributed by atoms with van der Waals surface area (Å²) in [6, 6.07) is 0. The van der Waals surface area contributed by atoms with Gasteiger partial charge in [0.25, 0.3) is 0 Å². The molecule has 1 unspecified atom stereocenters. The highest BCUT2D eigenvalue weighted by Crippen LogP contribution is 2.09. The molecule has 0 spiro atoms. The standard InChI is InChI=1S/C16H27NO3/c1-5-6-7-8-9-15(13-18)12-17(4)10-11-20-16(19)14(2)3/h5,13,15H,1-2,6-12H2,3-4H3. The van der Waals surface area contributed by atoms with E-state index in [1.54, 1.807) is 6.92 Å². The van der Waals surface area contributed by atoms with E-state index in [1.807, 2.05) is 18.0 Å². The van der Waals surface area contributed by atoms with Crippen LogP contribution in [0.4, 0.5) is 0 Å². The molecule has 4 nitrogen and oxygen atoms in total. The molecule has 0 aliphatic heterocycles. The summed E-state index contributed by atoms with van der Waals surface area (Å²) in [4.78, 5) is 24.2. The molecular formula is C16H27NO3. The highest BCUT2D eigenvalue weighted by molar-refractivity contribution is 5.86. The fourth-order valence-corrected chi connectivity index (χ4v) is 1.81. The van der Waals surface area contributed by atoms with Crippen LogP contribution in [0.5, 0.6) is 0 Å². The Morgan fingerprint density at radius 1 is 1.40 bits per heavy atom. The number of esters is 1. The third kappa shape index (κ3) is 9.50. The summed E-state index contributed by atoms with van der Waals surface area (Å²) in [7, 11) is 1.93. The third-order valence-electron chi connectivity index (χ3n) is 3.03. The molecule has 0 N–H and O–H groups in total. The van der Waals surface area contributed by atoms with Gasteiger partial charge in [-0.3, -0.25) is 0 Å². The van der Waals surface area contributed by atoms with Crippen LogP contribution in [0.25, 0.3) is 0 Å². The first-order chi connectivity index (χ1) is 9.51. The van der Waals surface area contributed by atoms with E-state index < -0.39 is 0 Å². The number of rotatable bonds is 12. The lowest BCUT2D eigenvalue weighted by Gasteiger charge is -2.20. The van der Waals surface area contributed by atoms with Gasteiger partial charge in [0.15, 0.2) is 0 Å². The van der Waals surface area contributed by atoms with Gasteiger partial charge < -0.3 is 14.4 Å². The van der Waals surface area contributed by atoms with Gasteiger partial charge in [-0.15, -0.1) is 6.58 Å². The van der Waals surface area contributed by atoms with Crippen molar-refractivity contribution < 1.29 is 14.3 Å². The van der Waals surface area contributed by atoms with Gasteiger partial charge in [0.1, 0.15) is 12.9 Å². The van der Waals surface area contributed by atoms with Crippen LogP contribution >= 0.6 is 0 Å². The summed E-state index contributed by atoms with van der Waals surface area (Å²) in [5.41, 5.74) is 0.403. The lowest BCUT2D eigenvalue weighted by molar-refractivity contribution is -0.139.